The molecule has 1 amide bonds. The number of halogens is 1. The number of carbonyl (C=O) groups excluding carboxylic acids is 1. The molecule has 0 fully saturated rings. The van der Waals surface area contributed by atoms with E-state index in [0.717, 1.165) is 5.56 Å². The van der Waals surface area contributed by atoms with Crippen LogP contribution in [-0.4, -0.2) is 19.0 Å². The third kappa shape index (κ3) is 5.45. The minimum absolute atomic E-state index is 0.00891. The Morgan fingerprint density at radius 1 is 1.41 bits per heavy atom. The highest BCUT2D eigenvalue weighted by molar-refractivity contribution is 5.76. The van der Waals surface area contributed by atoms with Crippen LogP contribution in [0.3, 0.4) is 0 Å². The first kappa shape index (κ1) is 13.6. The van der Waals surface area contributed by atoms with Crippen LogP contribution in [0.1, 0.15) is 18.9 Å². The van der Waals surface area contributed by atoms with Crippen LogP contribution in [0.4, 0.5) is 4.39 Å². The highest BCUT2D eigenvalue weighted by atomic mass is 19.1. The Labute approximate surface area is 101 Å². The fourth-order valence-corrected chi connectivity index (χ4v) is 1.37. The maximum atomic E-state index is 12.6. The van der Waals surface area contributed by atoms with E-state index >= 15 is 0 Å². The average Bonchev–Trinajstić information content (AvgIpc) is 2.35. The number of aryl methyl sites for hydroxylation is 1. The molecule has 94 valence electrons. The van der Waals surface area contributed by atoms with Crippen molar-refractivity contribution in [3.63, 3.8) is 0 Å². The molecule has 0 aliphatic heterocycles. The minimum atomic E-state index is -0.255. The molecule has 0 spiro atoms. The number of hydrogen-bond acceptors (Lipinski definition) is 2. The van der Waals surface area contributed by atoms with Crippen molar-refractivity contribution in [1.29, 1.82) is 0 Å². The van der Waals surface area contributed by atoms with E-state index in [4.69, 9.17) is 5.73 Å². The number of rotatable bonds is 6. The fraction of sp³-hybridized carbons (Fsp3) is 0.462. The summed E-state index contributed by atoms with van der Waals surface area (Å²) in [5.74, 6) is 0.0503. The Kier molecular flexibility index (Phi) is 5.63. The van der Waals surface area contributed by atoms with Crippen molar-refractivity contribution in [2.45, 2.75) is 19.8 Å². The van der Waals surface area contributed by atoms with Gasteiger partial charge in [-0.25, -0.2) is 4.39 Å². The zero-order valence-electron chi connectivity index (χ0n) is 10.1. The van der Waals surface area contributed by atoms with Crippen molar-refractivity contribution in [1.82, 2.24) is 5.32 Å². The molecule has 1 rings (SSSR count). The molecule has 0 saturated carbocycles. The molecule has 0 heterocycles. The SMILES string of the molecule is CC(CN)CNC(=O)CCc1ccc(F)cc1. The van der Waals surface area contributed by atoms with Gasteiger partial charge in [0.15, 0.2) is 0 Å². The van der Waals surface area contributed by atoms with Crippen molar-refractivity contribution >= 4 is 5.91 Å². The van der Waals surface area contributed by atoms with Crippen LogP contribution in [0.2, 0.25) is 0 Å². The number of nitrogens with two attached hydrogens (primary N) is 1. The maximum Gasteiger partial charge on any atom is 0.220 e. The smallest absolute Gasteiger partial charge is 0.220 e. The maximum absolute atomic E-state index is 12.6. The summed E-state index contributed by atoms with van der Waals surface area (Å²) in [7, 11) is 0. The van der Waals surface area contributed by atoms with Crippen LogP contribution >= 0.6 is 0 Å². The zero-order valence-corrected chi connectivity index (χ0v) is 10.1. The van der Waals surface area contributed by atoms with E-state index < -0.39 is 0 Å². The summed E-state index contributed by atoms with van der Waals surface area (Å²) in [6.45, 7) is 3.16. The molecular formula is C13H19FN2O. The molecule has 1 aromatic carbocycles. The molecule has 3 nitrogen and oxygen atoms in total. The minimum Gasteiger partial charge on any atom is -0.356 e. The Hall–Kier alpha value is -1.42. The third-order valence-electron chi connectivity index (χ3n) is 2.60. The molecule has 0 saturated heterocycles. The van der Waals surface area contributed by atoms with E-state index in [1.54, 1.807) is 12.1 Å². The van der Waals surface area contributed by atoms with E-state index in [9.17, 15) is 9.18 Å². The molecule has 3 N–H and O–H groups in total. The van der Waals surface area contributed by atoms with Crippen molar-refractivity contribution in [2.24, 2.45) is 11.7 Å². The number of nitrogens with one attached hydrogen (secondary N) is 1. The standard InChI is InChI=1S/C13H19FN2O/c1-10(8-15)9-16-13(17)7-4-11-2-5-12(14)6-3-11/h2-3,5-6,10H,4,7-9,15H2,1H3,(H,16,17). The molecule has 0 aliphatic carbocycles. The summed E-state index contributed by atoms with van der Waals surface area (Å²) in [5.41, 5.74) is 6.42. The summed E-state index contributed by atoms with van der Waals surface area (Å²) in [5, 5.41) is 2.82. The number of benzene rings is 1. The van der Waals surface area contributed by atoms with Crippen LogP contribution in [0.5, 0.6) is 0 Å². The summed E-state index contributed by atoms with van der Waals surface area (Å²) < 4.78 is 12.6. The first-order chi connectivity index (χ1) is 8.11. The lowest BCUT2D eigenvalue weighted by Gasteiger charge is -2.09. The highest BCUT2D eigenvalue weighted by Crippen LogP contribution is 2.05. The van der Waals surface area contributed by atoms with Gasteiger partial charge in [0.2, 0.25) is 5.91 Å². The average molecular weight is 238 g/mol. The van der Waals surface area contributed by atoms with Crippen LogP contribution in [-0.2, 0) is 11.2 Å². The quantitative estimate of drug-likeness (QED) is 0.788. The van der Waals surface area contributed by atoms with Crippen molar-refractivity contribution < 1.29 is 9.18 Å². The van der Waals surface area contributed by atoms with Gasteiger partial charge in [-0.05, 0) is 36.6 Å². The largest absolute Gasteiger partial charge is 0.356 e. The summed E-state index contributed by atoms with van der Waals surface area (Å²) in [6.07, 6.45) is 1.05. The second kappa shape index (κ2) is 7.01. The number of carbonyl (C=O) groups is 1. The molecule has 1 aromatic rings. The van der Waals surface area contributed by atoms with Gasteiger partial charge in [0.05, 0.1) is 0 Å². The monoisotopic (exact) mass is 238 g/mol. The van der Waals surface area contributed by atoms with Gasteiger partial charge >= 0.3 is 0 Å². The van der Waals surface area contributed by atoms with E-state index in [2.05, 4.69) is 5.32 Å². The van der Waals surface area contributed by atoms with E-state index in [0.29, 0.717) is 31.8 Å². The fourth-order valence-electron chi connectivity index (χ4n) is 1.37. The summed E-state index contributed by atoms with van der Waals surface area (Å²) in [6, 6.07) is 6.21. The van der Waals surface area contributed by atoms with E-state index in [-0.39, 0.29) is 11.7 Å². The molecule has 1 atom stereocenters. The van der Waals surface area contributed by atoms with Gasteiger partial charge in [-0.2, -0.15) is 0 Å². The molecule has 0 aliphatic rings. The first-order valence-electron chi connectivity index (χ1n) is 5.83. The lowest BCUT2D eigenvalue weighted by atomic mass is 10.1. The first-order valence-corrected chi connectivity index (χ1v) is 5.83. The Balaban J connectivity index is 2.26. The van der Waals surface area contributed by atoms with Crippen molar-refractivity contribution in [3.05, 3.63) is 35.6 Å². The van der Waals surface area contributed by atoms with Crippen LogP contribution < -0.4 is 11.1 Å². The number of amides is 1. The topological polar surface area (TPSA) is 55.1 Å². The Morgan fingerprint density at radius 3 is 2.65 bits per heavy atom. The van der Waals surface area contributed by atoms with Gasteiger partial charge in [-0.3, -0.25) is 4.79 Å². The molecule has 0 bridgehead atoms. The lowest BCUT2D eigenvalue weighted by Crippen LogP contribution is -2.31. The summed E-state index contributed by atoms with van der Waals surface area (Å²) >= 11 is 0. The van der Waals surface area contributed by atoms with Crippen LogP contribution in [0.25, 0.3) is 0 Å². The van der Waals surface area contributed by atoms with Gasteiger partial charge in [0, 0.05) is 13.0 Å². The Bertz CT molecular complexity index is 351. The van der Waals surface area contributed by atoms with E-state index in [1.165, 1.54) is 12.1 Å². The molecule has 0 aromatic heterocycles. The predicted molar refractivity (Wildman–Crippen MR) is 65.9 cm³/mol. The number of hydrogen-bond donors (Lipinski definition) is 2. The third-order valence-corrected chi connectivity index (χ3v) is 2.60. The molecule has 1 unspecified atom stereocenters. The molecule has 4 heteroatoms. The van der Waals surface area contributed by atoms with Gasteiger partial charge < -0.3 is 11.1 Å². The van der Waals surface area contributed by atoms with Gasteiger partial charge in [0.25, 0.3) is 0 Å². The van der Waals surface area contributed by atoms with Crippen molar-refractivity contribution in [3.8, 4) is 0 Å². The second-order valence-corrected chi connectivity index (χ2v) is 4.27. The molecular weight excluding hydrogens is 219 g/mol. The molecule has 17 heavy (non-hydrogen) atoms. The van der Waals surface area contributed by atoms with Gasteiger partial charge in [-0.1, -0.05) is 19.1 Å². The molecule has 0 radical (unpaired) electrons. The van der Waals surface area contributed by atoms with Gasteiger partial charge in [-0.15, -0.1) is 0 Å². The van der Waals surface area contributed by atoms with Gasteiger partial charge in [0.1, 0.15) is 5.82 Å². The normalized spacial score (nSPS) is 12.2. The van der Waals surface area contributed by atoms with Crippen molar-refractivity contribution in [2.75, 3.05) is 13.1 Å². The second-order valence-electron chi connectivity index (χ2n) is 4.27. The van der Waals surface area contributed by atoms with Crippen LogP contribution in [0, 0.1) is 11.7 Å². The van der Waals surface area contributed by atoms with E-state index in [1.807, 2.05) is 6.92 Å². The Morgan fingerprint density at radius 2 is 2.06 bits per heavy atom. The highest BCUT2D eigenvalue weighted by Gasteiger charge is 2.04. The summed E-state index contributed by atoms with van der Waals surface area (Å²) in [4.78, 5) is 11.5. The predicted octanol–water partition coefficient (Wildman–Crippen LogP) is 1.47. The lowest BCUT2D eigenvalue weighted by molar-refractivity contribution is -0.121. The zero-order chi connectivity index (χ0) is 12.7. The van der Waals surface area contributed by atoms with Crippen LogP contribution in [0.15, 0.2) is 24.3 Å².